The third kappa shape index (κ3) is 3.13. The topological polar surface area (TPSA) is 34.0 Å². The van der Waals surface area contributed by atoms with Gasteiger partial charge in [-0.05, 0) is 50.5 Å². The van der Waals surface area contributed by atoms with Crippen LogP contribution in [0.2, 0.25) is 0 Å². The van der Waals surface area contributed by atoms with Gasteiger partial charge < -0.3 is 4.90 Å². The van der Waals surface area contributed by atoms with E-state index in [9.17, 15) is 0 Å². The largest absolute Gasteiger partial charge is 0.341 e. The van der Waals surface area contributed by atoms with Gasteiger partial charge in [0, 0.05) is 13.1 Å². The molecule has 2 rings (SSSR count). The van der Waals surface area contributed by atoms with Crippen LogP contribution in [0.5, 0.6) is 0 Å². The Bertz CT molecular complexity index is 674. The fourth-order valence-electron chi connectivity index (χ4n) is 2.49. The van der Waals surface area contributed by atoms with Gasteiger partial charge in [-0.15, -0.1) is 0 Å². The second-order valence-electron chi connectivity index (χ2n) is 4.92. The molecule has 0 aliphatic rings. The molecule has 21 heavy (non-hydrogen) atoms. The molecular weight excluding hydrogens is 280 g/mol. The summed E-state index contributed by atoms with van der Waals surface area (Å²) in [5, 5.41) is 0. The number of rotatable bonds is 5. The van der Waals surface area contributed by atoms with Gasteiger partial charge in [0.1, 0.15) is 6.33 Å². The molecular formula is C16H22N4S. The fourth-order valence-corrected chi connectivity index (χ4v) is 2.71. The summed E-state index contributed by atoms with van der Waals surface area (Å²) in [5.41, 5.74) is 3.55. The maximum absolute atomic E-state index is 5.49. The zero-order chi connectivity index (χ0) is 15.4. The lowest BCUT2D eigenvalue weighted by Gasteiger charge is -2.19. The molecule has 5 heteroatoms. The summed E-state index contributed by atoms with van der Waals surface area (Å²) in [4.78, 5) is 11.1. The fraction of sp³-hybridized carbons (Fsp3) is 0.438. The highest BCUT2D eigenvalue weighted by atomic mass is 32.1. The number of anilines is 1. The molecule has 0 saturated carbocycles. The van der Waals surface area contributed by atoms with Crippen molar-refractivity contribution in [2.75, 3.05) is 18.0 Å². The van der Waals surface area contributed by atoms with Crippen molar-refractivity contribution in [3.8, 4) is 5.69 Å². The molecule has 0 aliphatic heterocycles. The van der Waals surface area contributed by atoms with Crippen molar-refractivity contribution in [2.24, 2.45) is 0 Å². The Kier molecular flexibility index (Phi) is 5.07. The second kappa shape index (κ2) is 6.80. The van der Waals surface area contributed by atoms with Crippen molar-refractivity contribution >= 4 is 18.2 Å². The van der Waals surface area contributed by atoms with Crippen LogP contribution >= 0.6 is 12.2 Å². The minimum absolute atomic E-state index is 0.552. The first-order valence-corrected chi connectivity index (χ1v) is 7.82. The minimum Gasteiger partial charge on any atom is -0.341 e. The summed E-state index contributed by atoms with van der Waals surface area (Å²) in [7, 11) is 0. The van der Waals surface area contributed by atoms with E-state index in [0.29, 0.717) is 10.7 Å². The van der Waals surface area contributed by atoms with E-state index in [2.05, 4.69) is 60.8 Å². The van der Waals surface area contributed by atoms with Crippen LogP contribution in [0.1, 0.15) is 31.9 Å². The molecule has 0 amide bonds. The highest BCUT2D eigenvalue weighted by Crippen LogP contribution is 2.20. The standard InChI is InChI=1S/C16H22N4S/c1-5-13-10-8-9-12(4)14(13)20-11-17-15(18-16(20)21)19(6-2)7-3/h8-11H,5-7H2,1-4H3. The zero-order valence-electron chi connectivity index (χ0n) is 13.1. The average molecular weight is 302 g/mol. The predicted molar refractivity (Wildman–Crippen MR) is 89.9 cm³/mol. The summed E-state index contributed by atoms with van der Waals surface area (Å²) >= 11 is 5.49. The molecule has 4 nitrogen and oxygen atoms in total. The molecule has 0 unspecified atom stereocenters. The van der Waals surface area contributed by atoms with E-state index in [1.807, 2.05) is 4.57 Å². The monoisotopic (exact) mass is 302 g/mol. The van der Waals surface area contributed by atoms with Crippen molar-refractivity contribution in [1.82, 2.24) is 14.5 Å². The molecule has 0 N–H and O–H groups in total. The van der Waals surface area contributed by atoms with Crippen molar-refractivity contribution in [3.63, 3.8) is 0 Å². The van der Waals surface area contributed by atoms with Crippen molar-refractivity contribution < 1.29 is 0 Å². The average Bonchev–Trinajstić information content (AvgIpc) is 2.49. The second-order valence-corrected chi connectivity index (χ2v) is 5.28. The van der Waals surface area contributed by atoms with E-state index < -0.39 is 0 Å². The van der Waals surface area contributed by atoms with Crippen LogP contribution in [0.15, 0.2) is 24.5 Å². The molecule has 1 aromatic carbocycles. The van der Waals surface area contributed by atoms with Gasteiger partial charge in [0.2, 0.25) is 10.7 Å². The van der Waals surface area contributed by atoms with Gasteiger partial charge in [-0.3, -0.25) is 4.57 Å². The molecule has 0 saturated heterocycles. The number of hydrogen-bond acceptors (Lipinski definition) is 4. The number of aryl methyl sites for hydroxylation is 2. The molecule has 2 aromatic rings. The van der Waals surface area contributed by atoms with E-state index in [-0.39, 0.29) is 0 Å². The van der Waals surface area contributed by atoms with Crippen LogP contribution in [0.25, 0.3) is 5.69 Å². The number of hydrogen-bond donors (Lipinski definition) is 0. The Balaban J connectivity index is 2.55. The maximum Gasteiger partial charge on any atom is 0.229 e. The molecule has 1 aromatic heterocycles. The first kappa shape index (κ1) is 15.6. The highest BCUT2D eigenvalue weighted by molar-refractivity contribution is 7.71. The molecule has 0 atom stereocenters. The van der Waals surface area contributed by atoms with E-state index in [1.54, 1.807) is 6.33 Å². The van der Waals surface area contributed by atoms with Crippen molar-refractivity contribution in [3.05, 3.63) is 40.4 Å². The van der Waals surface area contributed by atoms with Crippen LogP contribution < -0.4 is 4.90 Å². The van der Waals surface area contributed by atoms with Gasteiger partial charge in [-0.25, -0.2) is 4.98 Å². The van der Waals surface area contributed by atoms with Crippen LogP contribution in [-0.4, -0.2) is 27.6 Å². The molecule has 0 aliphatic carbocycles. The van der Waals surface area contributed by atoms with Gasteiger partial charge in [0.25, 0.3) is 0 Å². The Morgan fingerprint density at radius 2 is 1.90 bits per heavy atom. The molecule has 1 heterocycles. The number of nitrogens with zero attached hydrogens (tertiary/aromatic N) is 4. The molecule has 0 fully saturated rings. The normalized spacial score (nSPS) is 10.7. The summed E-state index contributed by atoms with van der Waals surface area (Å²) < 4.78 is 2.46. The Morgan fingerprint density at radius 1 is 1.19 bits per heavy atom. The van der Waals surface area contributed by atoms with Crippen LogP contribution in [0.3, 0.4) is 0 Å². The van der Waals surface area contributed by atoms with Gasteiger partial charge in [-0.1, -0.05) is 25.1 Å². The van der Waals surface area contributed by atoms with E-state index in [4.69, 9.17) is 12.2 Å². The predicted octanol–water partition coefficient (Wildman–Crippen LogP) is 3.71. The zero-order valence-corrected chi connectivity index (χ0v) is 13.9. The first-order chi connectivity index (χ1) is 10.1. The summed E-state index contributed by atoms with van der Waals surface area (Å²) in [6.45, 7) is 10.2. The van der Waals surface area contributed by atoms with E-state index in [1.165, 1.54) is 11.1 Å². The number of para-hydroxylation sites is 1. The molecule has 0 bridgehead atoms. The van der Waals surface area contributed by atoms with Crippen LogP contribution in [0.4, 0.5) is 5.95 Å². The van der Waals surface area contributed by atoms with E-state index >= 15 is 0 Å². The van der Waals surface area contributed by atoms with Gasteiger partial charge in [-0.2, -0.15) is 4.98 Å². The van der Waals surface area contributed by atoms with Crippen LogP contribution in [0, 0.1) is 11.7 Å². The minimum atomic E-state index is 0.552. The van der Waals surface area contributed by atoms with Gasteiger partial charge in [0.15, 0.2) is 0 Å². The number of aromatic nitrogens is 3. The molecule has 112 valence electrons. The summed E-state index contributed by atoms with van der Waals surface area (Å²) in [5.74, 6) is 0.702. The van der Waals surface area contributed by atoms with Crippen molar-refractivity contribution in [1.29, 1.82) is 0 Å². The number of benzene rings is 1. The molecule has 0 radical (unpaired) electrons. The van der Waals surface area contributed by atoms with Gasteiger partial charge >= 0.3 is 0 Å². The van der Waals surface area contributed by atoms with Crippen LogP contribution in [-0.2, 0) is 6.42 Å². The van der Waals surface area contributed by atoms with E-state index in [0.717, 1.165) is 25.2 Å². The first-order valence-electron chi connectivity index (χ1n) is 7.41. The maximum atomic E-state index is 5.49. The summed E-state index contributed by atoms with van der Waals surface area (Å²) in [6, 6.07) is 6.30. The SMILES string of the molecule is CCc1cccc(C)c1-n1cnc(N(CC)CC)nc1=S. The smallest absolute Gasteiger partial charge is 0.229 e. The third-order valence-corrected chi connectivity index (χ3v) is 3.97. The van der Waals surface area contributed by atoms with Gasteiger partial charge in [0.05, 0.1) is 5.69 Å². The molecule has 0 spiro atoms. The highest BCUT2D eigenvalue weighted by Gasteiger charge is 2.10. The lowest BCUT2D eigenvalue weighted by Crippen LogP contribution is -2.25. The third-order valence-electron chi connectivity index (χ3n) is 3.68. The quantitative estimate of drug-likeness (QED) is 0.788. The lowest BCUT2D eigenvalue weighted by atomic mass is 10.1. The Labute approximate surface area is 131 Å². The summed E-state index contributed by atoms with van der Waals surface area (Å²) in [6.07, 6.45) is 2.75. The Hall–Kier alpha value is -1.75. The lowest BCUT2D eigenvalue weighted by molar-refractivity contribution is 0.783. The van der Waals surface area contributed by atoms with Crippen molar-refractivity contribution in [2.45, 2.75) is 34.1 Å². The Morgan fingerprint density at radius 3 is 2.48 bits per heavy atom.